The molecule has 0 atom stereocenters. The van der Waals surface area contributed by atoms with Gasteiger partial charge in [-0.05, 0) is 36.6 Å². The van der Waals surface area contributed by atoms with E-state index in [4.69, 9.17) is 15.0 Å². The molecule has 1 aliphatic heterocycles. The van der Waals surface area contributed by atoms with Crippen molar-refractivity contribution in [3.05, 3.63) is 54.2 Å². The number of para-hydroxylation sites is 1. The number of methoxy groups -OCH3 is 1. The Morgan fingerprint density at radius 3 is 2.48 bits per heavy atom. The normalized spacial score (nSPS) is 16.3. The topological polar surface area (TPSA) is 69.5 Å². The standard InChI is InChI=1S/C25H24N4O2/c1-31-24-21-4-2-3-20(18-7-5-17(15-26)6-8-18)23(21)27-16-22(24)28-11-13-29(14-12-28)25(30)19-9-10-19/h2-8,16,19H,9-14H2,1H3. The molecule has 2 fully saturated rings. The van der Waals surface area contributed by atoms with Gasteiger partial charge in [0.25, 0.3) is 0 Å². The monoisotopic (exact) mass is 412 g/mol. The molecule has 1 saturated heterocycles. The second-order valence-corrected chi connectivity index (χ2v) is 8.15. The summed E-state index contributed by atoms with van der Waals surface area (Å²) < 4.78 is 5.86. The lowest BCUT2D eigenvalue weighted by atomic mass is 10.00. The van der Waals surface area contributed by atoms with Crippen molar-refractivity contribution in [2.24, 2.45) is 5.92 Å². The number of fused-ring (bicyclic) bond motifs is 1. The maximum atomic E-state index is 12.4. The van der Waals surface area contributed by atoms with E-state index in [2.05, 4.69) is 11.0 Å². The van der Waals surface area contributed by atoms with Gasteiger partial charge in [-0.1, -0.05) is 24.3 Å². The number of piperazine rings is 1. The van der Waals surface area contributed by atoms with Gasteiger partial charge in [0, 0.05) is 43.0 Å². The van der Waals surface area contributed by atoms with Crippen molar-refractivity contribution in [1.29, 1.82) is 5.26 Å². The highest BCUT2D eigenvalue weighted by atomic mass is 16.5. The number of hydrogen-bond acceptors (Lipinski definition) is 5. The summed E-state index contributed by atoms with van der Waals surface area (Å²) >= 11 is 0. The van der Waals surface area contributed by atoms with Crippen molar-refractivity contribution in [2.75, 3.05) is 38.2 Å². The Kier molecular flexibility index (Phi) is 4.95. The van der Waals surface area contributed by atoms with Crippen LogP contribution in [0.1, 0.15) is 18.4 Å². The van der Waals surface area contributed by atoms with Gasteiger partial charge in [0.05, 0.1) is 36.1 Å². The fourth-order valence-electron chi connectivity index (χ4n) is 4.34. The molecule has 0 N–H and O–H groups in total. The van der Waals surface area contributed by atoms with Crippen molar-refractivity contribution in [3.8, 4) is 22.9 Å². The maximum absolute atomic E-state index is 12.4. The Morgan fingerprint density at radius 2 is 1.84 bits per heavy atom. The molecule has 2 aromatic carbocycles. The van der Waals surface area contributed by atoms with Gasteiger partial charge in [0.15, 0.2) is 5.75 Å². The van der Waals surface area contributed by atoms with Crippen molar-refractivity contribution < 1.29 is 9.53 Å². The number of nitrogens with zero attached hydrogens (tertiary/aromatic N) is 4. The quantitative estimate of drug-likeness (QED) is 0.651. The van der Waals surface area contributed by atoms with Crippen LogP contribution in [0.4, 0.5) is 5.69 Å². The molecule has 156 valence electrons. The molecule has 2 heterocycles. The molecule has 31 heavy (non-hydrogen) atoms. The van der Waals surface area contributed by atoms with Crippen LogP contribution >= 0.6 is 0 Å². The smallest absolute Gasteiger partial charge is 0.225 e. The Bertz CT molecular complexity index is 1170. The van der Waals surface area contributed by atoms with Crippen molar-refractivity contribution >= 4 is 22.5 Å². The molecule has 2 aliphatic rings. The van der Waals surface area contributed by atoms with Gasteiger partial charge >= 0.3 is 0 Å². The third-order valence-corrected chi connectivity index (χ3v) is 6.22. The highest BCUT2D eigenvalue weighted by molar-refractivity contribution is 5.99. The Labute approximate surface area is 181 Å². The number of benzene rings is 2. The number of ether oxygens (including phenoxy) is 1. The lowest BCUT2D eigenvalue weighted by Crippen LogP contribution is -2.49. The number of hydrogen-bond donors (Lipinski definition) is 0. The first-order valence-corrected chi connectivity index (χ1v) is 10.7. The maximum Gasteiger partial charge on any atom is 0.225 e. The molecule has 6 heteroatoms. The Morgan fingerprint density at radius 1 is 1.10 bits per heavy atom. The minimum Gasteiger partial charge on any atom is -0.494 e. The summed E-state index contributed by atoms with van der Waals surface area (Å²) in [6.45, 7) is 3.03. The van der Waals surface area contributed by atoms with Gasteiger partial charge in [0.1, 0.15) is 0 Å². The van der Waals surface area contributed by atoms with Gasteiger partial charge in [-0.3, -0.25) is 9.78 Å². The van der Waals surface area contributed by atoms with Crippen LogP contribution in [0.5, 0.6) is 5.75 Å². The van der Waals surface area contributed by atoms with Crippen LogP contribution in [0.3, 0.4) is 0 Å². The first-order valence-electron chi connectivity index (χ1n) is 10.7. The lowest BCUT2D eigenvalue weighted by Gasteiger charge is -2.36. The first-order chi connectivity index (χ1) is 15.2. The second-order valence-electron chi connectivity index (χ2n) is 8.15. The molecule has 1 aromatic heterocycles. The fourth-order valence-corrected chi connectivity index (χ4v) is 4.34. The summed E-state index contributed by atoms with van der Waals surface area (Å²) in [6, 6.07) is 15.8. The molecular formula is C25H24N4O2. The van der Waals surface area contributed by atoms with Crippen LogP contribution < -0.4 is 9.64 Å². The van der Waals surface area contributed by atoms with Gasteiger partial charge in [-0.25, -0.2) is 0 Å². The van der Waals surface area contributed by atoms with Gasteiger partial charge < -0.3 is 14.5 Å². The van der Waals surface area contributed by atoms with E-state index >= 15 is 0 Å². The minimum atomic E-state index is 0.268. The zero-order valence-electron chi connectivity index (χ0n) is 17.5. The van der Waals surface area contributed by atoms with E-state index < -0.39 is 0 Å². The van der Waals surface area contributed by atoms with E-state index in [0.717, 1.165) is 72.5 Å². The predicted molar refractivity (Wildman–Crippen MR) is 120 cm³/mol. The number of amides is 1. The lowest BCUT2D eigenvalue weighted by molar-refractivity contribution is -0.132. The van der Waals surface area contributed by atoms with E-state index in [1.54, 1.807) is 7.11 Å². The summed E-state index contributed by atoms with van der Waals surface area (Å²) in [5.41, 5.74) is 4.49. The van der Waals surface area contributed by atoms with E-state index in [-0.39, 0.29) is 5.92 Å². The number of rotatable bonds is 4. The summed E-state index contributed by atoms with van der Waals surface area (Å²) in [7, 11) is 1.69. The molecule has 1 amide bonds. The van der Waals surface area contributed by atoms with Gasteiger partial charge in [0.2, 0.25) is 5.91 Å². The van der Waals surface area contributed by atoms with Gasteiger partial charge in [-0.2, -0.15) is 5.26 Å². The highest BCUT2D eigenvalue weighted by Gasteiger charge is 2.35. The fraction of sp³-hybridized carbons (Fsp3) is 0.320. The molecule has 5 rings (SSSR count). The number of carbonyl (C=O) groups excluding carboxylic acids is 1. The molecule has 0 unspecified atom stereocenters. The number of aromatic nitrogens is 1. The summed E-state index contributed by atoms with van der Waals surface area (Å²) in [5, 5.41) is 10.0. The van der Waals surface area contributed by atoms with Crippen molar-refractivity contribution in [1.82, 2.24) is 9.88 Å². The largest absolute Gasteiger partial charge is 0.494 e. The van der Waals surface area contributed by atoms with Gasteiger partial charge in [-0.15, -0.1) is 0 Å². The Hall–Kier alpha value is -3.59. The second kappa shape index (κ2) is 7.92. The van der Waals surface area contributed by atoms with E-state index in [1.165, 1.54) is 0 Å². The van der Waals surface area contributed by atoms with E-state index in [9.17, 15) is 4.79 Å². The summed E-state index contributed by atoms with van der Waals surface area (Å²) in [6.07, 6.45) is 3.97. The average Bonchev–Trinajstić information content (AvgIpc) is 3.68. The predicted octanol–water partition coefficient (Wildman–Crippen LogP) is 3.84. The zero-order chi connectivity index (χ0) is 21.4. The third kappa shape index (κ3) is 3.57. The summed E-state index contributed by atoms with van der Waals surface area (Å²) in [4.78, 5) is 21.4. The molecule has 0 spiro atoms. The molecule has 6 nitrogen and oxygen atoms in total. The zero-order valence-corrected chi connectivity index (χ0v) is 17.5. The highest BCUT2D eigenvalue weighted by Crippen LogP contribution is 2.39. The van der Waals surface area contributed by atoms with Crippen LogP contribution in [0.2, 0.25) is 0 Å². The number of pyridine rings is 1. The molecule has 0 bridgehead atoms. The van der Waals surface area contributed by atoms with Crippen LogP contribution in [0.25, 0.3) is 22.0 Å². The van der Waals surface area contributed by atoms with E-state index in [0.29, 0.717) is 11.5 Å². The molecule has 1 aliphatic carbocycles. The minimum absolute atomic E-state index is 0.268. The Balaban J connectivity index is 1.46. The average molecular weight is 412 g/mol. The summed E-state index contributed by atoms with van der Waals surface area (Å²) in [5.74, 6) is 1.39. The SMILES string of the molecule is COc1c(N2CCN(C(=O)C3CC3)CC2)cnc2c(-c3ccc(C#N)cc3)cccc12. The molecule has 1 saturated carbocycles. The number of anilines is 1. The number of nitriles is 1. The molecule has 3 aromatic rings. The first kappa shape index (κ1) is 19.4. The van der Waals surface area contributed by atoms with Crippen LogP contribution in [-0.4, -0.2) is 49.1 Å². The van der Waals surface area contributed by atoms with Crippen LogP contribution in [-0.2, 0) is 4.79 Å². The van der Waals surface area contributed by atoms with Crippen LogP contribution in [0, 0.1) is 17.2 Å². The van der Waals surface area contributed by atoms with Crippen LogP contribution in [0.15, 0.2) is 48.7 Å². The third-order valence-electron chi connectivity index (χ3n) is 6.22. The molecule has 0 radical (unpaired) electrons. The number of carbonyl (C=O) groups is 1. The molecular weight excluding hydrogens is 388 g/mol. The van der Waals surface area contributed by atoms with Crippen molar-refractivity contribution in [3.63, 3.8) is 0 Å². The van der Waals surface area contributed by atoms with E-state index in [1.807, 2.05) is 53.6 Å². The van der Waals surface area contributed by atoms with Crippen molar-refractivity contribution in [2.45, 2.75) is 12.8 Å².